The molecule has 0 aromatic heterocycles. The number of morpholine rings is 1. The van der Waals surface area contributed by atoms with Crippen molar-refractivity contribution in [3.8, 4) is 0 Å². The molecule has 0 atom stereocenters. The molecule has 0 aliphatic carbocycles. The molecule has 0 aromatic rings. The molecule has 0 radical (unpaired) electrons. The van der Waals surface area contributed by atoms with E-state index in [4.69, 9.17) is 4.74 Å². The Morgan fingerprint density at radius 2 is 0.794 bits per heavy atom. The summed E-state index contributed by atoms with van der Waals surface area (Å²) in [5.41, 5.74) is -0.915. The Bertz CT molecular complexity index is 910. The minimum absolute atomic E-state index is 0.547. The fourth-order valence-electron chi connectivity index (χ4n) is 7.92. The summed E-state index contributed by atoms with van der Waals surface area (Å²) >= 11 is 2.08. The van der Waals surface area contributed by atoms with E-state index in [1.807, 2.05) is 0 Å². The third-order valence-corrected chi connectivity index (χ3v) is 13.3. The number of likely N-dealkylation sites (tertiary alicyclic amines) is 3. The quantitative estimate of drug-likeness (QED) is 0.0946. The van der Waals surface area contributed by atoms with E-state index in [1.54, 1.807) is 6.92 Å². The second kappa shape index (κ2) is 38.8. The molecule has 0 bridgehead atoms. The first kappa shape index (κ1) is 60.9. The van der Waals surface area contributed by atoms with Gasteiger partial charge in [-0.1, -0.05) is 82.6 Å². The number of nitrogens with one attached hydrogen (secondary N) is 5. The Morgan fingerprint density at radius 1 is 0.476 bits per heavy atom. The van der Waals surface area contributed by atoms with Crippen molar-refractivity contribution in [2.75, 3.05) is 156 Å². The van der Waals surface area contributed by atoms with Gasteiger partial charge in [-0.05, 0) is 77.5 Å². The summed E-state index contributed by atoms with van der Waals surface area (Å²) in [5, 5.41) is 17.1. The van der Waals surface area contributed by atoms with Crippen molar-refractivity contribution in [3.05, 3.63) is 0 Å². The first-order valence-corrected chi connectivity index (χ1v) is 27.3. The van der Waals surface area contributed by atoms with Crippen molar-refractivity contribution in [1.82, 2.24) is 51.1 Å². The predicted molar refractivity (Wildman–Crippen MR) is 277 cm³/mol. The zero-order valence-electron chi connectivity index (χ0n) is 43.8. The molecule has 0 saturated carbocycles. The Balaban J connectivity index is 0.000000394. The number of thioether (sulfide) groups is 1. The van der Waals surface area contributed by atoms with Crippen molar-refractivity contribution in [1.29, 1.82) is 0 Å². The first-order valence-electron chi connectivity index (χ1n) is 26.2. The van der Waals surface area contributed by atoms with Crippen LogP contribution >= 0.6 is 11.8 Å². The van der Waals surface area contributed by atoms with Gasteiger partial charge in [0.2, 0.25) is 0 Å². The second-order valence-corrected chi connectivity index (χ2v) is 21.9. The number of hydrogen-bond donors (Lipinski definition) is 5. The maximum atomic E-state index is 13.5. The summed E-state index contributed by atoms with van der Waals surface area (Å²) in [6.07, 6.45) is 8.41. The number of halogens is 1. The highest BCUT2D eigenvalue weighted by molar-refractivity contribution is 7.99. The van der Waals surface area contributed by atoms with Crippen LogP contribution in [0.15, 0.2) is 0 Å². The highest BCUT2D eigenvalue weighted by Crippen LogP contribution is 2.25. The van der Waals surface area contributed by atoms with Gasteiger partial charge in [0, 0.05) is 146 Å². The summed E-state index contributed by atoms with van der Waals surface area (Å²) < 4.78 is 18.7. The standard InChI is InChI=1S/C11H23FN2.C11H24N2.C10H22N2.C9H20N2O.C9H20N2S/c1-10(2)13-6-9-14-7-4-11(3,12)5-8-14;1-10(2)12-6-9-13-7-4-11(3)5-8-13;1-10(2)11-6-9-12-7-4-3-5-8-12;2*1-9(2)10-3-4-11-5-7-12-8-6-11/h10,13H,4-9H2,1-3H3;10-12H,4-9H2,1-3H3;10-11H,3-9H2,1-2H3;2*9-10H,3-8H2,1-2H3. The molecule has 5 saturated heterocycles. The topological polar surface area (TPSA) is 85.6 Å². The van der Waals surface area contributed by atoms with Crippen LogP contribution in [-0.2, 0) is 4.74 Å². The zero-order valence-corrected chi connectivity index (χ0v) is 44.6. The summed E-state index contributed by atoms with van der Waals surface area (Å²) in [5.74, 6) is 3.60. The first-order chi connectivity index (χ1) is 30.0. The molecule has 0 unspecified atom stereocenters. The van der Waals surface area contributed by atoms with Gasteiger partial charge in [-0.2, -0.15) is 11.8 Å². The van der Waals surface area contributed by atoms with Gasteiger partial charge in [0.15, 0.2) is 0 Å². The molecule has 5 aliphatic heterocycles. The summed E-state index contributed by atoms with van der Waals surface area (Å²) in [4.78, 5) is 12.5. The van der Waals surface area contributed by atoms with Gasteiger partial charge >= 0.3 is 0 Å². The fraction of sp³-hybridized carbons (Fsp3) is 1.00. The van der Waals surface area contributed by atoms with Crippen molar-refractivity contribution in [2.45, 2.75) is 164 Å². The largest absolute Gasteiger partial charge is 0.379 e. The average molecular weight is 918 g/mol. The molecule has 5 aliphatic rings. The minimum Gasteiger partial charge on any atom is -0.379 e. The van der Waals surface area contributed by atoms with E-state index in [1.165, 1.54) is 103 Å². The maximum absolute atomic E-state index is 13.5. The summed E-state index contributed by atoms with van der Waals surface area (Å²) in [6.45, 7) is 51.0. The molecule has 5 rings (SSSR count). The molecule has 0 amide bonds. The molecule has 0 aromatic carbocycles. The predicted octanol–water partition coefficient (Wildman–Crippen LogP) is 6.34. The van der Waals surface area contributed by atoms with Crippen molar-refractivity contribution < 1.29 is 9.13 Å². The van der Waals surface area contributed by atoms with E-state index in [9.17, 15) is 4.39 Å². The zero-order chi connectivity index (χ0) is 46.7. The summed E-state index contributed by atoms with van der Waals surface area (Å²) in [6, 6.07) is 3.04. The number of hydrogen-bond acceptors (Lipinski definition) is 12. The Labute approximate surface area is 396 Å². The van der Waals surface area contributed by atoms with Gasteiger partial charge < -0.3 is 50.9 Å². The van der Waals surface area contributed by atoms with E-state index < -0.39 is 5.67 Å². The van der Waals surface area contributed by atoms with Crippen LogP contribution in [0.1, 0.15) is 128 Å². The maximum Gasteiger partial charge on any atom is 0.110 e. The molecule has 378 valence electrons. The molecular weight excluding hydrogens is 808 g/mol. The normalized spacial score (nSPS) is 21.0. The number of rotatable bonds is 20. The average Bonchev–Trinajstić information content (AvgIpc) is 3.24. The molecule has 13 heteroatoms. The van der Waals surface area contributed by atoms with E-state index in [0.717, 1.165) is 91.1 Å². The van der Waals surface area contributed by atoms with Crippen LogP contribution in [0.25, 0.3) is 0 Å². The lowest BCUT2D eigenvalue weighted by molar-refractivity contribution is 0.0382. The van der Waals surface area contributed by atoms with Gasteiger partial charge in [0.25, 0.3) is 0 Å². The number of nitrogens with zero attached hydrogens (tertiary/aromatic N) is 5. The van der Waals surface area contributed by atoms with Gasteiger partial charge in [-0.3, -0.25) is 4.90 Å². The van der Waals surface area contributed by atoms with Crippen LogP contribution < -0.4 is 26.6 Å². The van der Waals surface area contributed by atoms with Gasteiger partial charge in [-0.15, -0.1) is 0 Å². The molecule has 0 spiro atoms. The van der Waals surface area contributed by atoms with Crippen LogP contribution in [0.4, 0.5) is 4.39 Å². The molecule has 5 heterocycles. The lowest BCUT2D eigenvalue weighted by atomic mass is 9.96. The molecular formula is C50H109FN10OS. The number of ether oxygens (including phenoxy) is 1. The summed E-state index contributed by atoms with van der Waals surface area (Å²) in [7, 11) is 0. The van der Waals surface area contributed by atoms with Crippen LogP contribution in [0.2, 0.25) is 0 Å². The Hall–Kier alpha value is -0.160. The van der Waals surface area contributed by atoms with Crippen molar-refractivity contribution >= 4 is 11.8 Å². The molecule has 63 heavy (non-hydrogen) atoms. The second-order valence-electron chi connectivity index (χ2n) is 20.6. The molecule has 5 N–H and O–H groups in total. The number of alkyl halides is 1. The van der Waals surface area contributed by atoms with Crippen LogP contribution in [0.5, 0.6) is 0 Å². The molecule has 5 fully saturated rings. The van der Waals surface area contributed by atoms with Gasteiger partial charge in [-0.25, -0.2) is 4.39 Å². The Kier molecular flexibility index (Phi) is 37.4. The lowest BCUT2D eigenvalue weighted by Crippen LogP contribution is -2.43. The van der Waals surface area contributed by atoms with Crippen LogP contribution in [0, 0.1) is 5.92 Å². The van der Waals surface area contributed by atoms with E-state index in [-0.39, 0.29) is 0 Å². The fourth-order valence-corrected chi connectivity index (χ4v) is 8.90. The van der Waals surface area contributed by atoms with Crippen LogP contribution in [0.3, 0.4) is 0 Å². The van der Waals surface area contributed by atoms with Gasteiger partial charge in [0.1, 0.15) is 5.67 Å². The van der Waals surface area contributed by atoms with E-state index in [2.05, 4.69) is 139 Å². The third-order valence-electron chi connectivity index (χ3n) is 12.3. The van der Waals surface area contributed by atoms with E-state index >= 15 is 0 Å². The number of piperidine rings is 3. The highest BCUT2D eigenvalue weighted by Gasteiger charge is 2.29. The third kappa shape index (κ3) is 38.5. The van der Waals surface area contributed by atoms with Crippen molar-refractivity contribution in [2.24, 2.45) is 5.92 Å². The van der Waals surface area contributed by atoms with Crippen LogP contribution in [-0.4, -0.2) is 216 Å². The SMILES string of the molecule is CC(C)NCCN1CCC(C)(F)CC1.CC(C)NCCN1CCCCC1.CC(C)NCCN1CCOCC1.CC(C)NCCN1CCSCC1.CC1CCN(CCNC(C)C)CC1. The Morgan fingerprint density at radius 3 is 1.16 bits per heavy atom. The lowest BCUT2D eigenvalue weighted by Gasteiger charge is -2.34. The van der Waals surface area contributed by atoms with Gasteiger partial charge in [0.05, 0.1) is 13.2 Å². The molecule has 11 nitrogen and oxygen atoms in total. The smallest absolute Gasteiger partial charge is 0.110 e. The monoisotopic (exact) mass is 917 g/mol. The van der Waals surface area contributed by atoms with E-state index in [0.29, 0.717) is 43.1 Å². The minimum atomic E-state index is -0.915. The highest BCUT2D eigenvalue weighted by atomic mass is 32.2. The van der Waals surface area contributed by atoms with Crippen molar-refractivity contribution in [3.63, 3.8) is 0 Å².